The standard InChI is InChI=1S/C20H23BrN2O3S/c1-15-5-7-16(8-6-15)19-4-3-13-23(19)20(24)14-22(2)27(25,26)18-11-9-17(21)10-12-18/h5-12,19H,3-4,13-14H2,1-2H3. The summed E-state index contributed by atoms with van der Waals surface area (Å²) in [4.78, 5) is 14.8. The first-order valence-electron chi connectivity index (χ1n) is 8.87. The molecule has 1 saturated heterocycles. The highest BCUT2D eigenvalue weighted by Gasteiger charge is 2.32. The average Bonchev–Trinajstić information content (AvgIpc) is 3.12. The van der Waals surface area contributed by atoms with Crippen LogP contribution in [0.25, 0.3) is 0 Å². The van der Waals surface area contributed by atoms with Gasteiger partial charge in [0, 0.05) is 18.1 Å². The Balaban J connectivity index is 1.73. The van der Waals surface area contributed by atoms with E-state index < -0.39 is 10.0 Å². The lowest BCUT2D eigenvalue weighted by molar-refractivity contribution is -0.132. The van der Waals surface area contributed by atoms with E-state index in [0.29, 0.717) is 6.54 Å². The maximum Gasteiger partial charge on any atom is 0.243 e. The first kappa shape index (κ1) is 20.0. The lowest BCUT2D eigenvalue weighted by Crippen LogP contribution is -2.40. The number of hydrogen-bond donors (Lipinski definition) is 0. The number of nitrogens with zero attached hydrogens (tertiary/aromatic N) is 2. The second kappa shape index (κ2) is 8.12. The molecule has 2 aromatic rings. The van der Waals surface area contributed by atoms with Crippen LogP contribution in [0.15, 0.2) is 57.9 Å². The van der Waals surface area contributed by atoms with Crippen LogP contribution in [0.5, 0.6) is 0 Å². The fraction of sp³-hybridized carbons (Fsp3) is 0.350. The van der Waals surface area contributed by atoms with Crippen LogP contribution in [-0.4, -0.2) is 43.7 Å². The predicted octanol–water partition coefficient (Wildman–Crippen LogP) is 3.74. The summed E-state index contributed by atoms with van der Waals surface area (Å²) in [6.45, 7) is 2.52. The molecule has 0 saturated carbocycles. The lowest BCUT2D eigenvalue weighted by Gasteiger charge is -2.27. The van der Waals surface area contributed by atoms with E-state index in [1.165, 1.54) is 24.7 Å². The van der Waals surface area contributed by atoms with Gasteiger partial charge in [0.25, 0.3) is 0 Å². The van der Waals surface area contributed by atoms with Gasteiger partial charge in [-0.1, -0.05) is 45.8 Å². The maximum atomic E-state index is 12.9. The van der Waals surface area contributed by atoms with Crippen LogP contribution in [-0.2, 0) is 14.8 Å². The minimum atomic E-state index is -3.70. The summed E-state index contributed by atoms with van der Waals surface area (Å²) in [6.07, 6.45) is 1.82. The summed E-state index contributed by atoms with van der Waals surface area (Å²) in [5, 5.41) is 0. The van der Waals surface area contributed by atoms with Gasteiger partial charge in [-0.15, -0.1) is 0 Å². The molecule has 0 radical (unpaired) electrons. The summed E-state index contributed by atoms with van der Waals surface area (Å²) in [6, 6.07) is 14.6. The molecule has 0 aliphatic carbocycles. The second-order valence-electron chi connectivity index (χ2n) is 6.87. The molecule has 1 atom stereocenters. The molecule has 2 aromatic carbocycles. The third kappa shape index (κ3) is 4.42. The molecule has 1 amide bonds. The highest BCUT2D eigenvalue weighted by Crippen LogP contribution is 2.32. The van der Waals surface area contributed by atoms with Gasteiger partial charge in [0.2, 0.25) is 15.9 Å². The van der Waals surface area contributed by atoms with Crippen molar-refractivity contribution in [1.29, 1.82) is 0 Å². The summed E-state index contributed by atoms with van der Waals surface area (Å²) in [7, 11) is -2.25. The van der Waals surface area contributed by atoms with Crippen LogP contribution in [0.4, 0.5) is 0 Å². The Morgan fingerprint density at radius 1 is 1.15 bits per heavy atom. The van der Waals surface area contributed by atoms with Crippen molar-refractivity contribution in [2.75, 3.05) is 20.1 Å². The Bertz CT molecular complexity index is 911. The maximum absolute atomic E-state index is 12.9. The number of likely N-dealkylation sites (tertiary alicyclic amines) is 1. The monoisotopic (exact) mass is 450 g/mol. The summed E-state index contributed by atoms with van der Waals surface area (Å²) in [5.74, 6) is -0.165. The molecule has 3 rings (SSSR count). The average molecular weight is 451 g/mol. The zero-order chi connectivity index (χ0) is 19.6. The van der Waals surface area contributed by atoms with Gasteiger partial charge in [-0.25, -0.2) is 8.42 Å². The third-order valence-electron chi connectivity index (χ3n) is 4.92. The van der Waals surface area contributed by atoms with Gasteiger partial charge in [-0.2, -0.15) is 4.31 Å². The first-order valence-corrected chi connectivity index (χ1v) is 11.1. The van der Waals surface area contributed by atoms with Crippen LogP contribution in [0.1, 0.15) is 30.0 Å². The minimum Gasteiger partial charge on any atom is -0.335 e. The molecular formula is C20H23BrN2O3S. The number of likely N-dealkylation sites (N-methyl/N-ethyl adjacent to an activating group) is 1. The number of amides is 1. The number of sulfonamides is 1. The zero-order valence-electron chi connectivity index (χ0n) is 15.4. The third-order valence-corrected chi connectivity index (χ3v) is 7.26. The highest BCUT2D eigenvalue weighted by atomic mass is 79.9. The van der Waals surface area contributed by atoms with E-state index in [2.05, 4.69) is 15.9 Å². The van der Waals surface area contributed by atoms with E-state index in [-0.39, 0.29) is 23.4 Å². The molecule has 27 heavy (non-hydrogen) atoms. The van der Waals surface area contributed by atoms with Gasteiger partial charge in [0.15, 0.2) is 0 Å². The molecule has 1 aliphatic heterocycles. The van der Waals surface area contributed by atoms with Gasteiger partial charge in [0.05, 0.1) is 17.5 Å². The molecule has 7 heteroatoms. The Kier molecular flexibility index (Phi) is 6.03. The van der Waals surface area contributed by atoms with Crippen molar-refractivity contribution < 1.29 is 13.2 Å². The molecule has 1 heterocycles. The fourth-order valence-corrected chi connectivity index (χ4v) is 4.74. The molecular weight excluding hydrogens is 428 g/mol. The van der Waals surface area contributed by atoms with Crippen LogP contribution >= 0.6 is 15.9 Å². The van der Waals surface area contributed by atoms with Crippen molar-refractivity contribution in [3.05, 3.63) is 64.1 Å². The summed E-state index contributed by atoms with van der Waals surface area (Å²) >= 11 is 3.30. The first-order chi connectivity index (χ1) is 12.8. The smallest absolute Gasteiger partial charge is 0.243 e. The topological polar surface area (TPSA) is 57.7 Å². The largest absolute Gasteiger partial charge is 0.335 e. The molecule has 0 bridgehead atoms. The Labute approximate surface area is 169 Å². The molecule has 0 N–H and O–H groups in total. The van der Waals surface area contributed by atoms with E-state index >= 15 is 0 Å². The number of carbonyl (C=O) groups excluding carboxylic acids is 1. The Hall–Kier alpha value is -1.70. The molecule has 1 aliphatic rings. The molecule has 0 spiro atoms. The van der Waals surface area contributed by atoms with E-state index in [1.54, 1.807) is 17.0 Å². The van der Waals surface area contributed by atoms with Gasteiger partial charge in [0.1, 0.15) is 0 Å². The van der Waals surface area contributed by atoms with Gasteiger partial charge >= 0.3 is 0 Å². The quantitative estimate of drug-likeness (QED) is 0.696. The fourth-order valence-electron chi connectivity index (χ4n) is 3.35. The number of hydrogen-bond acceptors (Lipinski definition) is 3. The van der Waals surface area contributed by atoms with Crippen molar-refractivity contribution in [2.45, 2.75) is 30.7 Å². The highest BCUT2D eigenvalue weighted by molar-refractivity contribution is 9.10. The molecule has 1 fully saturated rings. The van der Waals surface area contributed by atoms with Gasteiger partial charge in [-0.05, 0) is 49.6 Å². The Morgan fingerprint density at radius 2 is 1.78 bits per heavy atom. The molecule has 144 valence electrons. The lowest BCUT2D eigenvalue weighted by atomic mass is 10.0. The van der Waals surface area contributed by atoms with E-state index in [1.807, 2.05) is 31.2 Å². The summed E-state index contributed by atoms with van der Waals surface area (Å²) in [5.41, 5.74) is 2.28. The second-order valence-corrected chi connectivity index (χ2v) is 9.83. The molecule has 1 unspecified atom stereocenters. The molecule has 0 aromatic heterocycles. The van der Waals surface area contributed by atoms with Gasteiger partial charge < -0.3 is 4.90 Å². The van der Waals surface area contributed by atoms with E-state index in [4.69, 9.17) is 0 Å². The van der Waals surface area contributed by atoms with Crippen molar-refractivity contribution in [2.24, 2.45) is 0 Å². The minimum absolute atomic E-state index is 0.0156. The van der Waals surface area contributed by atoms with E-state index in [0.717, 1.165) is 27.2 Å². The number of benzene rings is 2. The number of carbonyl (C=O) groups is 1. The van der Waals surface area contributed by atoms with Crippen LogP contribution in [0, 0.1) is 6.92 Å². The van der Waals surface area contributed by atoms with Crippen molar-refractivity contribution in [1.82, 2.24) is 9.21 Å². The SMILES string of the molecule is Cc1ccc(C2CCCN2C(=O)CN(C)S(=O)(=O)c2ccc(Br)cc2)cc1. The number of halogens is 1. The van der Waals surface area contributed by atoms with Crippen LogP contribution in [0.3, 0.4) is 0 Å². The summed E-state index contributed by atoms with van der Waals surface area (Å²) < 4.78 is 27.4. The number of aryl methyl sites for hydroxylation is 1. The van der Waals surface area contributed by atoms with Gasteiger partial charge in [-0.3, -0.25) is 4.79 Å². The Morgan fingerprint density at radius 3 is 2.41 bits per heavy atom. The van der Waals surface area contributed by atoms with Crippen molar-refractivity contribution in [3.8, 4) is 0 Å². The van der Waals surface area contributed by atoms with Crippen LogP contribution in [0.2, 0.25) is 0 Å². The van der Waals surface area contributed by atoms with Crippen LogP contribution < -0.4 is 0 Å². The van der Waals surface area contributed by atoms with Crippen molar-refractivity contribution >= 4 is 31.9 Å². The number of rotatable bonds is 5. The van der Waals surface area contributed by atoms with Crippen molar-refractivity contribution in [3.63, 3.8) is 0 Å². The predicted molar refractivity (Wildman–Crippen MR) is 109 cm³/mol. The van der Waals surface area contributed by atoms with E-state index in [9.17, 15) is 13.2 Å². The molecule has 5 nitrogen and oxygen atoms in total. The zero-order valence-corrected chi connectivity index (χ0v) is 17.8. The normalized spacial score (nSPS) is 17.5.